The molecule has 1 atom stereocenters. The van der Waals surface area contributed by atoms with Crippen LogP contribution in [0.3, 0.4) is 0 Å². The van der Waals surface area contributed by atoms with Crippen molar-refractivity contribution >= 4 is 34.4 Å². The minimum absolute atomic E-state index is 0.00687. The first-order valence-corrected chi connectivity index (χ1v) is 10.8. The van der Waals surface area contributed by atoms with Crippen LogP contribution in [0.2, 0.25) is 0 Å². The molecule has 33 heavy (non-hydrogen) atoms. The Bertz CT molecular complexity index is 1150. The van der Waals surface area contributed by atoms with Crippen LogP contribution in [0.1, 0.15) is 25.8 Å². The Morgan fingerprint density at radius 1 is 1.06 bits per heavy atom. The van der Waals surface area contributed by atoms with Crippen LogP contribution in [0.25, 0.3) is 10.9 Å². The van der Waals surface area contributed by atoms with E-state index < -0.39 is 12.0 Å². The van der Waals surface area contributed by atoms with Crippen molar-refractivity contribution in [3.63, 3.8) is 0 Å². The number of fused-ring (bicyclic) bond motifs is 1. The molecule has 3 aromatic rings. The van der Waals surface area contributed by atoms with Crippen LogP contribution < -0.4 is 15.4 Å². The van der Waals surface area contributed by atoms with Gasteiger partial charge in [0.25, 0.3) is 0 Å². The molecule has 1 heterocycles. The summed E-state index contributed by atoms with van der Waals surface area (Å²) in [7, 11) is 1.58. The Balaban J connectivity index is 1.64. The van der Waals surface area contributed by atoms with E-state index in [9.17, 15) is 19.5 Å². The molecule has 3 N–H and O–H groups in total. The molecule has 8 heteroatoms. The standard InChI is InChI=1S/C25H29N3O5/c1-16(2)11-21(25(31)32)27-24(30)15-28-10-9-18-14-19(7-8-22(18)28)26-23(29)13-17-5-4-6-20(12-17)33-3/h4-10,12,14,16,21H,11,13,15H2,1-3H3,(H,26,29)(H,27,30)(H,31,32)/t21-/m0/s1. The molecule has 1 aromatic heterocycles. The third kappa shape index (κ3) is 6.58. The van der Waals surface area contributed by atoms with Crippen molar-refractivity contribution in [1.82, 2.24) is 9.88 Å². The summed E-state index contributed by atoms with van der Waals surface area (Å²) in [5, 5.41) is 15.7. The molecule has 0 bridgehead atoms. The molecular formula is C25H29N3O5. The van der Waals surface area contributed by atoms with Gasteiger partial charge in [-0.25, -0.2) is 4.79 Å². The highest BCUT2D eigenvalue weighted by molar-refractivity contribution is 5.95. The van der Waals surface area contributed by atoms with Crippen LogP contribution in [0.5, 0.6) is 5.75 Å². The first-order valence-electron chi connectivity index (χ1n) is 10.8. The van der Waals surface area contributed by atoms with Gasteiger partial charge in [0.2, 0.25) is 11.8 Å². The Kier molecular flexibility index (Phi) is 7.71. The number of nitrogens with one attached hydrogen (secondary N) is 2. The van der Waals surface area contributed by atoms with Gasteiger partial charge in [-0.1, -0.05) is 26.0 Å². The van der Waals surface area contributed by atoms with Gasteiger partial charge in [-0.05, 0) is 54.3 Å². The Hall–Kier alpha value is -3.81. The van der Waals surface area contributed by atoms with Crippen molar-refractivity contribution in [3.8, 4) is 5.75 Å². The molecule has 0 radical (unpaired) electrons. The number of ether oxygens (including phenoxy) is 1. The molecule has 0 saturated heterocycles. The van der Waals surface area contributed by atoms with E-state index in [0.717, 1.165) is 16.5 Å². The van der Waals surface area contributed by atoms with Crippen molar-refractivity contribution in [2.75, 3.05) is 12.4 Å². The summed E-state index contributed by atoms with van der Waals surface area (Å²) in [6, 6.07) is 13.7. The summed E-state index contributed by atoms with van der Waals surface area (Å²) in [5.74, 6) is -0.700. The average Bonchev–Trinajstić information content (AvgIpc) is 3.14. The second kappa shape index (κ2) is 10.7. The van der Waals surface area contributed by atoms with Crippen LogP contribution >= 0.6 is 0 Å². The molecule has 0 spiro atoms. The van der Waals surface area contributed by atoms with Gasteiger partial charge < -0.3 is 25.0 Å². The number of carbonyl (C=O) groups excluding carboxylic acids is 2. The van der Waals surface area contributed by atoms with Gasteiger partial charge in [-0.3, -0.25) is 9.59 Å². The van der Waals surface area contributed by atoms with Gasteiger partial charge in [0, 0.05) is 22.8 Å². The number of carboxylic acid groups (broad SMARTS) is 1. The van der Waals surface area contributed by atoms with E-state index in [2.05, 4.69) is 10.6 Å². The Morgan fingerprint density at radius 3 is 2.55 bits per heavy atom. The van der Waals surface area contributed by atoms with Gasteiger partial charge in [-0.2, -0.15) is 0 Å². The van der Waals surface area contributed by atoms with E-state index in [1.54, 1.807) is 23.9 Å². The maximum atomic E-state index is 12.4. The molecule has 0 aliphatic heterocycles. The summed E-state index contributed by atoms with van der Waals surface area (Å²) in [6.45, 7) is 3.83. The monoisotopic (exact) mass is 451 g/mol. The van der Waals surface area contributed by atoms with Gasteiger partial charge in [0.15, 0.2) is 0 Å². The summed E-state index contributed by atoms with van der Waals surface area (Å²) in [4.78, 5) is 36.3. The highest BCUT2D eigenvalue weighted by atomic mass is 16.5. The minimum atomic E-state index is -1.04. The molecule has 174 valence electrons. The van der Waals surface area contributed by atoms with Crippen LogP contribution in [0.15, 0.2) is 54.7 Å². The van der Waals surface area contributed by atoms with Gasteiger partial charge >= 0.3 is 5.97 Å². The molecule has 2 amide bonds. The summed E-state index contributed by atoms with van der Waals surface area (Å²) in [6.07, 6.45) is 2.36. The summed E-state index contributed by atoms with van der Waals surface area (Å²) < 4.78 is 6.94. The SMILES string of the molecule is COc1cccc(CC(=O)Nc2ccc3c(ccn3CC(=O)N[C@@H](CC(C)C)C(=O)O)c2)c1. The molecular weight excluding hydrogens is 422 g/mol. The normalized spacial score (nSPS) is 11.9. The van der Waals surface area contributed by atoms with E-state index >= 15 is 0 Å². The maximum absolute atomic E-state index is 12.4. The zero-order valence-electron chi connectivity index (χ0n) is 19.0. The topological polar surface area (TPSA) is 110 Å². The fraction of sp³-hybridized carbons (Fsp3) is 0.320. The van der Waals surface area contributed by atoms with E-state index in [0.29, 0.717) is 17.9 Å². The number of rotatable bonds is 10. The van der Waals surface area contributed by atoms with Crippen LogP contribution in [-0.2, 0) is 27.3 Å². The number of carboxylic acids is 1. The number of hydrogen-bond donors (Lipinski definition) is 3. The van der Waals surface area contributed by atoms with Crippen molar-refractivity contribution in [2.24, 2.45) is 5.92 Å². The van der Waals surface area contributed by atoms with Crippen LogP contribution in [0, 0.1) is 5.92 Å². The fourth-order valence-electron chi connectivity index (χ4n) is 3.68. The lowest BCUT2D eigenvalue weighted by Crippen LogP contribution is -2.43. The van der Waals surface area contributed by atoms with Gasteiger partial charge in [0.1, 0.15) is 18.3 Å². The van der Waals surface area contributed by atoms with Crippen molar-refractivity contribution in [2.45, 2.75) is 39.3 Å². The molecule has 0 aliphatic rings. The van der Waals surface area contributed by atoms with E-state index in [1.165, 1.54) is 0 Å². The van der Waals surface area contributed by atoms with E-state index in [1.807, 2.05) is 56.3 Å². The highest BCUT2D eigenvalue weighted by Gasteiger charge is 2.21. The fourth-order valence-corrected chi connectivity index (χ4v) is 3.68. The van der Waals surface area contributed by atoms with Crippen molar-refractivity contribution < 1.29 is 24.2 Å². The Morgan fingerprint density at radius 2 is 1.85 bits per heavy atom. The number of nitrogens with zero attached hydrogens (tertiary/aromatic N) is 1. The summed E-state index contributed by atoms with van der Waals surface area (Å²) >= 11 is 0. The van der Waals surface area contributed by atoms with Crippen molar-refractivity contribution in [3.05, 3.63) is 60.3 Å². The molecule has 2 aromatic carbocycles. The van der Waals surface area contributed by atoms with E-state index in [-0.39, 0.29) is 30.7 Å². The quantitative estimate of drug-likeness (QED) is 0.437. The number of benzene rings is 2. The molecule has 0 fully saturated rings. The average molecular weight is 452 g/mol. The van der Waals surface area contributed by atoms with Gasteiger partial charge in [0.05, 0.1) is 13.5 Å². The maximum Gasteiger partial charge on any atom is 0.326 e. The Labute approximate surface area is 192 Å². The summed E-state index contributed by atoms with van der Waals surface area (Å²) in [5.41, 5.74) is 2.31. The van der Waals surface area contributed by atoms with Gasteiger partial charge in [-0.15, -0.1) is 0 Å². The smallest absolute Gasteiger partial charge is 0.326 e. The zero-order chi connectivity index (χ0) is 24.0. The lowest BCUT2D eigenvalue weighted by Gasteiger charge is -2.17. The van der Waals surface area contributed by atoms with Crippen LogP contribution in [-0.4, -0.2) is 40.6 Å². The second-order valence-corrected chi connectivity index (χ2v) is 8.38. The number of aliphatic carboxylic acids is 1. The number of aromatic nitrogens is 1. The van der Waals surface area contributed by atoms with E-state index in [4.69, 9.17) is 4.74 Å². The molecule has 8 nitrogen and oxygen atoms in total. The predicted molar refractivity (Wildman–Crippen MR) is 126 cm³/mol. The second-order valence-electron chi connectivity index (χ2n) is 8.38. The number of methoxy groups -OCH3 is 1. The number of anilines is 1. The molecule has 0 saturated carbocycles. The number of amides is 2. The van der Waals surface area contributed by atoms with Crippen LogP contribution in [0.4, 0.5) is 5.69 Å². The third-order valence-electron chi connectivity index (χ3n) is 5.21. The predicted octanol–water partition coefficient (Wildman–Crippen LogP) is 3.45. The molecule has 0 aliphatic carbocycles. The molecule has 3 rings (SSSR count). The molecule has 0 unspecified atom stereocenters. The lowest BCUT2D eigenvalue weighted by atomic mass is 10.0. The first kappa shape index (κ1) is 23.8. The minimum Gasteiger partial charge on any atom is -0.497 e. The number of carbonyl (C=O) groups is 3. The zero-order valence-corrected chi connectivity index (χ0v) is 19.0. The lowest BCUT2D eigenvalue weighted by molar-refractivity contribution is -0.142. The highest BCUT2D eigenvalue weighted by Crippen LogP contribution is 2.21. The van der Waals surface area contributed by atoms with Crippen molar-refractivity contribution in [1.29, 1.82) is 0 Å². The third-order valence-corrected chi connectivity index (χ3v) is 5.21. The largest absolute Gasteiger partial charge is 0.497 e. The first-order chi connectivity index (χ1) is 15.7. The number of hydrogen-bond acceptors (Lipinski definition) is 4.